The maximum absolute atomic E-state index is 14.0. The van der Waals surface area contributed by atoms with Crippen LogP contribution in [0.4, 0.5) is 4.39 Å². The van der Waals surface area contributed by atoms with Gasteiger partial charge in [-0.2, -0.15) is 0 Å². The second-order valence-electron chi connectivity index (χ2n) is 4.99. The zero-order valence-corrected chi connectivity index (χ0v) is 14.4. The van der Waals surface area contributed by atoms with Crippen LogP contribution in [0.25, 0.3) is 0 Å². The molecule has 0 radical (unpaired) electrons. The molecule has 1 aromatic rings. The molecule has 116 valence electrons. The zero-order valence-electron chi connectivity index (χ0n) is 11.3. The first-order valence-corrected chi connectivity index (χ1v) is 9.57. The van der Waals surface area contributed by atoms with Gasteiger partial charge in [-0.25, -0.2) is 12.8 Å². The van der Waals surface area contributed by atoms with Gasteiger partial charge in [-0.1, -0.05) is 0 Å². The first kappa shape index (κ1) is 16.7. The Morgan fingerprint density at radius 2 is 2.10 bits per heavy atom. The molecule has 0 saturated heterocycles. The van der Waals surface area contributed by atoms with Crippen LogP contribution in [0.15, 0.2) is 21.5 Å². The summed E-state index contributed by atoms with van der Waals surface area (Å²) in [6, 6.07) is 1.94. The molecule has 1 saturated carbocycles. The number of amides is 1. The van der Waals surface area contributed by atoms with Crippen molar-refractivity contribution in [3.05, 3.63) is 28.0 Å². The summed E-state index contributed by atoms with van der Waals surface area (Å²) in [6.07, 6.45) is 2.13. The van der Waals surface area contributed by atoms with Crippen molar-refractivity contribution in [1.82, 2.24) is 4.90 Å². The van der Waals surface area contributed by atoms with Crippen molar-refractivity contribution < 1.29 is 17.6 Å². The molecule has 1 aliphatic rings. The second kappa shape index (κ2) is 6.22. The minimum atomic E-state index is -4.06. The third-order valence-corrected chi connectivity index (χ3v) is 5.64. The van der Waals surface area contributed by atoms with Crippen LogP contribution in [-0.4, -0.2) is 32.3 Å². The third kappa shape index (κ3) is 3.96. The minimum Gasteiger partial charge on any atom is -0.339 e. The van der Waals surface area contributed by atoms with E-state index in [2.05, 4.69) is 15.9 Å². The van der Waals surface area contributed by atoms with Crippen molar-refractivity contribution in [3.63, 3.8) is 0 Å². The lowest BCUT2D eigenvalue weighted by Crippen LogP contribution is -2.33. The molecule has 0 atom stereocenters. The maximum atomic E-state index is 14.0. The predicted molar refractivity (Wildman–Crippen MR) is 81.4 cm³/mol. The molecule has 1 fully saturated rings. The van der Waals surface area contributed by atoms with Crippen molar-refractivity contribution in [1.29, 1.82) is 0 Å². The predicted octanol–water partition coefficient (Wildman–Crippen LogP) is 3.39. The molecule has 4 nitrogen and oxygen atoms in total. The summed E-state index contributed by atoms with van der Waals surface area (Å²) in [7, 11) is 1.23. The van der Waals surface area contributed by atoms with E-state index in [0.29, 0.717) is 19.0 Å². The van der Waals surface area contributed by atoms with E-state index in [1.165, 1.54) is 4.90 Å². The van der Waals surface area contributed by atoms with Gasteiger partial charge < -0.3 is 4.90 Å². The van der Waals surface area contributed by atoms with Crippen molar-refractivity contribution in [2.45, 2.75) is 24.7 Å². The molecule has 0 N–H and O–H groups in total. The number of carbonyl (C=O) groups excluding carboxylic acids is 1. The molecule has 0 spiro atoms. The number of nitrogens with zero attached hydrogens (tertiary/aromatic N) is 1. The van der Waals surface area contributed by atoms with Gasteiger partial charge >= 0.3 is 0 Å². The fraction of sp³-hybridized carbons (Fsp3) is 0.462. The van der Waals surface area contributed by atoms with Gasteiger partial charge in [0.25, 0.3) is 15.0 Å². The lowest BCUT2D eigenvalue weighted by molar-refractivity contribution is 0.0752. The molecule has 0 aliphatic heterocycles. The van der Waals surface area contributed by atoms with E-state index < -0.39 is 20.8 Å². The molecule has 21 heavy (non-hydrogen) atoms. The van der Waals surface area contributed by atoms with Gasteiger partial charge in [-0.05, 0) is 53.7 Å². The SMILES string of the molecule is CCN(CC1CC1)C(=O)c1cc(S(=O)(=O)Cl)c(Br)cc1F. The maximum Gasteiger partial charge on any atom is 0.262 e. The average Bonchev–Trinajstić information content (AvgIpc) is 3.17. The number of hydrogen-bond donors (Lipinski definition) is 0. The number of rotatable bonds is 5. The van der Waals surface area contributed by atoms with Crippen LogP contribution in [0, 0.1) is 11.7 Å². The topological polar surface area (TPSA) is 54.5 Å². The highest BCUT2D eigenvalue weighted by Gasteiger charge is 2.29. The molecular weight excluding hydrogens is 385 g/mol. The summed E-state index contributed by atoms with van der Waals surface area (Å²) in [5, 5.41) is 0. The highest BCUT2D eigenvalue weighted by molar-refractivity contribution is 9.10. The fourth-order valence-corrected chi connectivity index (χ4v) is 4.19. The van der Waals surface area contributed by atoms with Crippen molar-refractivity contribution in [2.75, 3.05) is 13.1 Å². The van der Waals surface area contributed by atoms with Crippen LogP contribution >= 0.6 is 26.6 Å². The van der Waals surface area contributed by atoms with E-state index in [1.807, 2.05) is 0 Å². The first-order valence-electron chi connectivity index (χ1n) is 6.47. The zero-order chi connectivity index (χ0) is 15.8. The van der Waals surface area contributed by atoms with E-state index in [1.54, 1.807) is 6.92 Å². The lowest BCUT2D eigenvalue weighted by atomic mass is 10.1. The van der Waals surface area contributed by atoms with Crippen LogP contribution in [0.1, 0.15) is 30.1 Å². The minimum absolute atomic E-state index is 0.00297. The quantitative estimate of drug-likeness (QED) is 0.714. The smallest absolute Gasteiger partial charge is 0.262 e. The van der Waals surface area contributed by atoms with Gasteiger partial charge in [-0.15, -0.1) is 0 Å². The summed E-state index contributed by atoms with van der Waals surface area (Å²) in [5.74, 6) is -0.829. The fourth-order valence-electron chi connectivity index (χ4n) is 2.02. The van der Waals surface area contributed by atoms with Crippen molar-refractivity contribution in [3.8, 4) is 0 Å². The molecule has 0 aromatic heterocycles. The standard InChI is InChI=1S/C13H14BrClFNO3S/c1-2-17(7-8-3-4-8)13(18)9-5-12(21(15,19)20)10(14)6-11(9)16/h5-6,8H,2-4,7H2,1H3. The largest absolute Gasteiger partial charge is 0.339 e. The van der Waals surface area contributed by atoms with E-state index >= 15 is 0 Å². The van der Waals surface area contributed by atoms with Gasteiger partial charge in [0.1, 0.15) is 5.82 Å². The van der Waals surface area contributed by atoms with Crippen LogP contribution in [0.2, 0.25) is 0 Å². The lowest BCUT2D eigenvalue weighted by Gasteiger charge is -2.21. The van der Waals surface area contributed by atoms with Gasteiger partial charge in [0.2, 0.25) is 0 Å². The number of benzene rings is 1. The Kier molecular flexibility index (Phi) is 4.95. The van der Waals surface area contributed by atoms with Crippen LogP contribution in [0.5, 0.6) is 0 Å². The third-order valence-electron chi connectivity index (χ3n) is 3.36. The Balaban J connectivity index is 2.39. The summed E-state index contributed by atoms with van der Waals surface area (Å²) in [5.41, 5.74) is -0.278. The van der Waals surface area contributed by atoms with Crippen LogP contribution in [0.3, 0.4) is 0 Å². The second-order valence-corrected chi connectivity index (χ2v) is 8.38. The Labute approximate surface area is 135 Å². The van der Waals surface area contributed by atoms with E-state index in [9.17, 15) is 17.6 Å². The van der Waals surface area contributed by atoms with E-state index in [4.69, 9.17) is 10.7 Å². The molecule has 0 unspecified atom stereocenters. The van der Waals surface area contributed by atoms with E-state index in [-0.39, 0.29) is 14.9 Å². The first-order chi connectivity index (χ1) is 9.74. The molecular formula is C13H14BrClFNO3S. The number of carbonyl (C=O) groups is 1. The summed E-state index contributed by atoms with van der Waals surface area (Å²) in [4.78, 5) is 13.6. The molecule has 1 aromatic carbocycles. The molecule has 1 amide bonds. The Morgan fingerprint density at radius 1 is 1.48 bits per heavy atom. The number of halogens is 3. The molecule has 8 heteroatoms. The molecule has 1 aliphatic carbocycles. The van der Waals surface area contributed by atoms with Gasteiger partial charge in [0.05, 0.1) is 10.5 Å². The van der Waals surface area contributed by atoms with Gasteiger partial charge in [0, 0.05) is 28.2 Å². The Bertz CT molecular complexity index is 676. The Hall–Kier alpha value is -0.660. The highest BCUT2D eigenvalue weighted by Crippen LogP contribution is 2.31. The van der Waals surface area contributed by atoms with Crippen LogP contribution < -0.4 is 0 Å². The molecule has 0 heterocycles. The summed E-state index contributed by atoms with van der Waals surface area (Å²) >= 11 is 2.94. The van der Waals surface area contributed by atoms with E-state index in [0.717, 1.165) is 25.0 Å². The highest BCUT2D eigenvalue weighted by atomic mass is 79.9. The van der Waals surface area contributed by atoms with Crippen molar-refractivity contribution in [2.24, 2.45) is 5.92 Å². The summed E-state index contributed by atoms with van der Waals surface area (Å²) in [6.45, 7) is 2.80. The van der Waals surface area contributed by atoms with Crippen molar-refractivity contribution >= 4 is 41.6 Å². The monoisotopic (exact) mass is 397 g/mol. The summed E-state index contributed by atoms with van der Waals surface area (Å²) < 4.78 is 36.9. The molecule has 0 bridgehead atoms. The normalized spacial score (nSPS) is 15.0. The average molecular weight is 399 g/mol. The van der Waals surface area contributed by atoms with Crippen LogP contribution in [-0.2, 0) is 9.05 Å². The molecule has 2 rings (SSSR count). The number of hydrogen-bond acceptors (Lipinski definition) is 3. The Morgan fingerprint density at radius 3 is 2.57 bits per heavy atom. The van der Waals surface area contributed by atoms with Gasteiger partial charge in [-0.3, -0.25) is 4.79 Å². The van der Waals surface area contributed by atoms with Gasteiger partial charge in [0.15, 0.2) is 0 Å².